The average molecular weight is 495 g/mol. The number of hydrogen-bond donors (Lipinski definition) is 2. The third-order valence-electron chi connectivity index (χ3n) is 6.36. The first-order chi connectivity index (χ1) is 12.5. The second-order valence-electron chi connectivity index (χ2n) is 8.55. The van der Waals surface area contributed by atoms with Gasteiger partial charge in [0.25, 0.3) is 0 Å². The summed E-state index contributed by atoms with van der Waals surface area (Å²) < 4.78 is 5.30. The topological polar surface area (TPSA) is 52.1 Å². The van der Waals surface area contributed by atoms with Gasteiger partial charge in [-0.25, -0.2) is 0 Å². The van der Waals surface area contributed by atoms with E-state index in [4.69, 9.17) is 4.74 Å². The molecule has 160 valence electrons. The average Bonchev–Trinajstić information content (AvgIpc) is 2.60. The lowest BCUT2D eigenvalue weighted by atomic mass is 9.67. The second-order valence-corrected chi connectivity index (χ2v) is 8.55. The number of nitrogens with zero attached hydrogens (tertiary/aromatic N) is 3. The zero-order valence-corrected chi connectivity index (χ0v) is 20.4. The zero-order valence-electron chi connectivity index (χ0n) is 18.1. The van der Waals surface area contributed by atoms with Gasteiger partial charge in [-0.05, 0) is 37.6 Å². The largest absolute Gasteiger partial charge is 0.385 e. The molecule has 1 unspecified atom stereocenters. The molecule has 2 rings (SSSR count). The molecule has 27 heavy (non-hydrogen) atoms. The minimum Gasteiger partial charge on any atom is -0.385 e. The highest BCUT2D eigenvalue weighted by atomic mass is 127. The molecule has 2 N–H and O–H groups in total. The van der Waals surface area contributed by atoms with Crippen LogP contribution in [0.25, 0.3) is 0 Å². The SMILES string of the molecule is CN=C(NCC(C(C)C)N1CCN(C)CC1)NCC1(CCOC)CCC1.I. The molecule has 1 saturated carbocycles. The van der Waals surface area contributed by atoms with Gasteiger partial charge < -0.3 is 20.3 Å². The first-order valence-electron chi connectivity index (χ1n) is 10.4. The van der Waals surface area contributed by atoms with Crippen LogP contribution in [0.15, 0.2) is 4.99 Å². The Bertz CT molecular complexity index is 434. The highest BCUT2D eigenvalue weighted by Crippen LogP contribution is 2.43. The number of hydrogen-bond acceptors (Lipinski definition) is 4. The monoisotopic (exact) mass is 495 g/mol. The second kappa shape index (κ2) is 12.4. The summed E-state index contributed by atoms with van der Waals surface area (Å²) in [5.74, 6) is 1.57. The van der Waals surface area contributed by atoms with Crippen LogP contribution in [0.1, 0.15) is 39.5 Å². The molecule has 0 radical (unpaired) electrons. The summed E-state index contributed by atoms with van der Waals surface area (Å²) in [7, 11) is 5.88. The minimum absolute atomic E-state index is 0. The lowest BCUT2D eigenvalue weighted by Crippen LogP contribution is -2.55. The van der Waals surface area contributed by atoms with E-state index >= 15 is 0 Å². The third kappa shape index (κ3) is 7.66. The smallest absolute Gasteiger partial charge is 0.191 e. The number of likely N-dealkylation sites (N-methyl/N-ethyl adjacent to an activating group) is 1. The number of piperazine rings is 1. The Kier molecular flexibility index (Phi) is 11.5. The molecule has 0 amide bonds. The van der Waals surface area contributed by atoms with Gasteiger partial charge in [0.2, 0.25) is 0 Å². The maximum Gasteiger partial charge on any atom is 0.191 e. The van der Waals surface area contributed by atoms with E-state index in [2.05, 4.69) is 46.3 Å². The van der Waals surface area contributed by atoms with Gasteiger partial charge in [0.05, 0.1) is 0 Å². The van der Waals surface area contributed by atoms with Crippen molar-refractivity contribution in [3.8, 4) is 0 Å². The molecular formula is C20H42IN5O. The van der Waals surface area contributed by atoms with Crippen LogP contribution in [0.5, 0.6) is 0 Å². The van der Waals surface area contributed by atoms with Gasteiger partial charge in [-0.1, -0.05) is 20.3 Å². The molecule has 0 aromatic rings. The number of methoxy groups -OCH3 is 1. The zero-order chi connectivity index (χ0) is 19.0. The van der Waals surface area contributed by atoms with Crippen LogP contribution in [0.3, 0.4) is 0 Å². The van der Waals surface area contributed by atoms with Crippen molar-refractivity contribution in [2.24, 2.45) is 16.3 Å². The molecule has 0 aromatic carbocycles. The van der Waals surface area contributed by atoms with Crippen molar-refractivity contribution in [1.82, 2.24) is 20.4 Å². The Hall–Kier alpha value is -0.120. The van der Waals surface area contributed by atoms with E-state index in [0.717, 1.165) is 58.3 Å². The quantitative estimate of drug-likeness (QED) is 0.292. The van der Waals surface area contributed by atoms with Gasteiger partial charge >= 0.3 is 0 Å². The molecule has 1 aliphatic carbocycles. The van der Waals surface area contributed by atoms with E-state index in [-0.39, 0.29) is 24.0 Å². The van der Waals surface area contributed by atoms with E-state index in [9.17, 15) is 0 Å². The molecule has 6 nitrogen and oxygen atoms in total. The maximum absolute atomic E-state index is 5.30. The summed E-state index contributed by atoms with van der Waals surface area (Å²) in [6.45, 7) is 12.1. The Morgan fingerprint density at radius 2 is 1.81 bits per heavy atom. The van der Waals surface area contributed by atoms with E-state index in [1.54, 1.807) is 7.11 Å². The summed E-state index contributed by atoms with van der Waals surface area (Å²) in [5.41, 5.74) is 0.405. The van der Waals surface area contributed by atoms with Gasteiger partial charge in [-0.15, -0.1) is 24.0 Å². The van der Waals surface area contributed by atoms with Crippen molar-refractivity contribution < 1.29 is 4.74 Å². The molecule has 1 atom stereocenters. The fourth-order valence-electron chi connectivity index (χ4n) is 4.14. The van der Waals surface area contributed by atoms with Gasteiger partial charge in [0, 0.05) is 66.1 Å². The minimum atomic E-state index is 0. The lowest BCUT2D eigenvalue weighted by molar-refractivity contribution is 0.0729. The molecule has 0 spiro atoms. The van der Waals surface area contributed by atoms with Gasteiger partial charge in [0.1, 0.15) is 0 Å². The molecule has 1 heterocycles. The molecular weight excluding hydrogens is 453 g/mol. The Morgan fingerprint density at radius 1 is 1.15 bits per heavy atom. The van der Waals surface area contributed by atoms with E-state index in [0.29, 0.717) is 17.4 Å². The van der Waals surface area contributed by atoms with Crippen LogP contribution in [-0.2, 0) is 4.74 Å². The first-order valence-corrected chi connectivity index (χ1v) is 10.4. The summed E-state index contributed by atoms with van der Waals surface area (Å²) in [5, 5.41) is 7.17. The highest BCUT2D eigenvalue weighted by Gasteiger charge is 2.36. The summed E-state index contributed by atoms with van der Waals surface area (Å²) >= 11 is 0. The van der Waals surface area contributed by atoms with E-state index in [1.807, 2.05) is 7.05 Å². The van der Waals surface area contributed by atoms with E-state index < -0.39 is 0 Å². The standard InChI is InChI=1S/C20H41N5O.HI/c1-17(2)18(25-12-10-24(4)11-13-25)15-22-19(21-3)23-16-20(7-6-8-20)9-14-26-5;/h17-18H,6-16H2,1-5H3,(H2,21,22,23);1H. The van der Waals surface area contributed by atoms with Crippen LogP contribution in [0.4, 0.5) is 0 Å². The summed E-state index contributed by atoms with van der Waals surface area (Å²) in [4.78, 5) is 9.51. The Balaban J connectivity index is 0.00000364. The number of guanidine groups is 1. The predicted octanol–water partition coefficient (Wildman–Crippen LogP) is 2.25. The van der Waals surface area contributed by atoms with Crippen molar-refractivity contribution in [3.63, 3.8) is 0 Å². The van der Waals surface area contributed by atoms with E-state index in [1.165, 1.54) is 19.3 Å². The number of rotatable bonds is 9. The fourth-order valence-corrected chi connectivity index (χ4v) is 4.14. The molecule has 1 saturated heterocycles. The number of halogens is 1. The number of aliphatic imine (C=N–C) groups is 1. The molecule has 7 heteroatoms. The predicted molar refractivity (Wildman–Crippen MR) is 125 cm³/mol. The Labute approximate surface area is 183 Å². The lowest BCUT2D eigenvalue weighted by Gasteiger charge is -2.42. The van der Waals surface area contributed by atoms with Crippen molar-refractivity contribution >= 4 is 29.9 Å². The van der Waals surface area contributed by atoms with Crippen LogP contribution < -0.4 is 10.6 Å². The maximum atomic E-state index is 5.30. The van der Waals surface area contributed by atoms with Crippen LogP contribution in [0, 0.1) is 11.3 Å². The van der Waals surface area contributed by atoms with Crippen molar-refractivity contribution in [2.45, 2.75) is 45.6 Å². The molecule has 2 fully saturated rings. The number of ether oxygens (including phenoxy) is 1. The summed E-state index contributed by atoms with van der Waals surface area (Å²) in [6.07, 6.45) is 5.09. The van der Waals surface area contributed by atoms with Crippen molar-refractivity contribution in [3.05, 3.63) is 0 Å². The van der Waals surface area contributed by atoms with Gasteiger partial charge in [-0.2, -0.15) is 0 Å². The van der Waals surface area contributed by atoms with Crippen molar-refractivity contribution in [1.29, 1.82) is 0 Å². The van der Waals surface area contributed by atoms with Crippen molar-refractivity contribution in [2.75, 3.05) is 67.1 Å². The summed E-state index contributed by atoms with van der Waals surface area (Å²) in [6, 6.07) is 0.549. The molecule has 0 bridgehead atoms. The molecule has 0 aromatic heterocycles. The van der Waals surface area contributed by atoms with Gasteiger partial charge in [-0.3, -0.25) is 9.89 Å². The highest BCUT2D eigenvalue weighted by molar-refractivity contribution is 14.0. The number of nitrogens with one attached hydrogen (secondary N) is 2. The Morgan fingerprint density at radius 3 is 2.30 bits per heavy atom. The molecule has 2 aliphatic rings. The van der Waals surface area contributed by atoms with Crippen LogP contribution in [0.2, 0.25) is 0 Å². The van der Waals surface area contributed by atoms with Crippen LogP contribution in [-0.4, -0.2) is 88.9 Å². The first kappa shape index (κ1) is 24.9. The third-order valence-corrected chi connectivity index (χ3v) is 6.36. The van der Waals surface area contributed by atoms with Crippen LogP contribution >= 0.6 is 24.0 Å². The fraction of sp³-hybridized carbons (Fsp3) is 0.950. The normalized spacial score (nSPS) is 22.1. The van der Waals surface area contributed by atoms with Gasteiger partial charge in [0.15, 0.2) is 5.96 Å². The molecule has 1 aliphatic heterocycles.